The minimum Gasteiger partial charge on any atom is -0.383 e. The van der Waals surface area contributed by atoms with Crippen LogP contribution in [-0.4, -0.2) is 58.4 Å². The molecule has 120 valence electrons. The molecule has 1 atom stereocenters. The number of nitrogens with zero attached hydrogens (tertiary/aromatic N) is 2. The van der Waals surface area contributed by atoms with E-state index in [-0.39, 0.29) is 0 Å². The molecule has 1 rings (SSSR count). The van der Waals surface area contributed by atoms with E-state index in [0.717, 1.165) is 32.8 Å². The number of benzene rings is 1. The molecule has 1 aromatic carbocycles. The summed E-state index contributed by atoms with van der Waals surface area (Å²) in [4.78, 5) is 4.68. The quantitative estimate of drug-likeness (QED) is 0.669. The average molecular weight is 293 g/mol. The number of nitrogens with one attached hydrogen (secondary N) is 1. The van der Waals surface area contributed by atoms with Crippen molar-refractivity contribution in [2.45, 2.75) is 26.4 Å². The zero-order valence-electron chi connectivity index (χ0n) is 14.2. The van der Waals surface area contributed by atoms with Crippen molar-refractivity contribution in [3.8, 4) is 0 Å². The van der Waals surface area contributed by atoms with E-state index in [4.69, 9.17) is 4.74 Å². The molecule has 4 nitrogen and oxygen atoms in total. The molecule has 0 aliphatic rings. The Kier molecular flexibility index (Phi) is 8.35. The van der Waals surface area contributed by atoms with Gasteiger partial charge in [0.1, 0.15) is 0 Å². The first-order chi connectivity index (χ1) is 10.1. The number of hydrogen-bond acceptors (Lipinski definition) is 4. The highest BCUT2D eigenvalue weighted by Gasteiger charge is 2.13. The van der Waals surface area contributed by atoms with Crippen LogP contribution in [0.1, 0.15) is 19.4 Å². The van der Waals surface area contributed by atoms with Gasteiger partial charge in [-0.05, 0) is 45.6 Å². The SMILES string of the molecule is CCN(c1ccc(CNCCOC)cc1)C(C)CN(C)C. The van der Waals surface area contributed by atoms with Crippen LogP contribution in [0.4, 0.5) is 5.69 Å². The van der Waals surface area contributed by atoms with E-state index >= 15 is 0 Å². The normalized spacial score (nSPS) is 12.7. The average Bonchev–Trinajstić information content (AvgIpc) is 2.45. The first kappa shape index (κ1) is 18.0. The number of anilines is 1. The lowest BCUT2D eigenvalue weighted by Gasteiger charge is -2.32. The molecular formula is C17H31N3O. The Morgan fingerprint density at radius 3 is 2.38 bits per heavy atom. The Hall–Kier alpha value is -1.10. The Labute approximate surface area is 130 Å². The summed E-state index contributed by atoms with van der Waals surface area (Å²) in [5.41, 5.74) is 2.61. The first-order valence-electron chi connectivity index (χ1n) is 7.78. The molecule has 0 amide bonds. The van der Waals surface area contributed by atoms with Gasteiger partial charge in [-0.2, -0.15) is 0 Å². The molecule has 0 aromatic heterocycles. The van der Waals surface area contributed by atoms with Gasteiger partial charge < -0.3 is 19.9 Å². The fourth-order valence-electron chi connectivity index (χ4n) is 2.59. The molecule has 0 heterocycles. The molecule has 0 aliphatic carbocycles. The Bertz CT molecular complexity index is 378. The van der Waals surface area contributed by atoms with Crippen molar-refractivity contribution in [3.05, 3.63) is 29.8 Å². The summed E-state index contributed by atoms with van der Waals surface area (Å²) in [6.45, 7) is 9.12. The summed E-state index contributed by atoms with van der Waals surface area (Å²) in [5, 5.41) is 3.37. The summed E-state index contributed by atoms with van der Waals surface area (Å²) < 4.78 is 5.03. The fourth-order valence-corrected chi connectivity index (χ4v) is 2.59. The van der Waals surface area contributed by atoms with Gasteiger partial charge in [0.05, 0.1) is 6.61 Å². The molecule has 0 saturated heterocycles. The summed E-state index contributed by atoms with van der Waals surface area (Å²) in [6.07, 6.45) is 0. The van der Waals surface area contributed by atoms with E-state index in [1.165, 1.54) is 11.3 Å². The van der Waals surface area contributed by atoms with E-state index in [1.807, 2.05) is 0 Å². The second-order valence-electron chi connectivity index (χ2n) is 5.73. The molecule has 0 aliphatic heterocycles. The van der Waals surface area contributed by atoms with E-state index in [0.29, 0.717) is 6.04 Å². The highest BCUT2D eigenvalue weighted by atomic mass is 16.5. The van der Waals surface area contributed by atoms with Crippen molar-refractivity contribution in [3.63, 3.8) is 0 Å². The van der Waals surface area contributed by atoms with Crippen LogP contribution in [0.25, 0.3) is 0 Å². The Balaban J connectivity index is 2.58. The van der Waals surface area contributed by atoms with E-state index < -0.39 is 0 Å². The molecule has 1 N–H and O–H groups in total. The molecule has 0 radical (unpaired) electrons. The molecule has 21 heavy (non-hydrogen) atoms. The van der Waals surface area contributed by atoms with Gasteiger partial charge >= 0.3 is 0 Å². The van der Waals surface area contributed by atoms with Gasteiger partial charge in [-0.3, -0.25) is 0 Å². The van der Waals surface area contributed by atoms with Crippen LogP contribution in [0.2, 0.25) is 0 Å². The lowest BCUT2D eigenvalue weighted by molar-refractivity contribution is 0.199. The third kappa shape index (κ3) is 6.46. The third-order valence-corrected chi connectivity index (χ3v) is 3.58. The van der Waals surface area contributed by atoms with Crippen molar-refractivity contribution >= 4 is 5.69 Å². The Morgan fingerprint density at radius 2 is 1.86 bits per heavy atom. The van der Waals surface area contributed by atoms with Gasteiger partial charge in [0.15, 0.2) is 0 Å². The molecule has 0 spiro atoms. The molecule has 0 saturated carbocycles. The molecule has 1 unspecified atom stereocenters. The summed E-state index contributed by atoms with van der Waals surface area (Å²) in [7, 11) is 5.98. The molecule has 4 heteroatoms. The summed E-state index contributed by atoms with van der Waals surface area (Å²) in [6, 6.07) is 9.38. The maximum absolute atomic E-state index is 5.03. The molecule has 1 aromatic rings. The largest absolute Gasteiger partial charge is 0.383 e. The predicted octanol–water partition coefficient (Wildman–Crippen LogP) is 2.20. The topological polar surface area (TPSA) is 27.7 Å². The van der Waals surface area contributed by atoms with Crippen molar-refractivity contribution in [1.29, 1.82) is 0 Å². The number of hydrogen-bond donors (Lipinski definition) is 1. The molecule has 0 fully saturated rings. The zero-order valence-corrected chi connectivity index (χ0v) is 14.2. The van der Waals surface area contributed by atoms with E-state index in [9.17, 15) is 0 Å². The number of ether oxygens (including phenoxy) is 1. The van der Waals surface area contributed by atoms with E-state index in [2.05, 4.69) is 67.3 Å². The minimum atomic E-state index is 0.510. The minimum absolute atomic E-state index is 0.510. The second-order valence-corrected chi connectivity index (χ2v) is 5.73. The van der Waals surface area contributed by atoms with Crippen LogP contribution in [0.15, 0.2) is 24.3 Å². The number of likely N-dealkylation sites (N-methyl/N-ethyl adjacent to an activating group) is 2. The van der Waals surface area contributed by atoms with Gasteiger partial charge in [-0.25, -0.2) is 0 Å². The lowest BCUT2D eigenvalue weighted by Crippen LogP contribution is -2.40. The maximum atomic E-state index is 5.03. The van der Waals surface area contributed by atoms with Gasteiger partial charge in [-0.15, -0.1) is 0 Å². The molecular weight excluding hydrogens is 262 g/mol. The number of rotatable bonds is 10. The van der Waals surface area contributed by atoms with Crippen LogP contribution in [0, 0.1) is 0 Å². The highest BCUT2D eigenvalue weighted by Crippen LogP contribution is 2.18. The van der Waals surface area contributed by atoms with Crippen molar-refractivity contribution in [2.24, 2.45) is 0 Å². The highest BCUT2D eigenvalue weighted by molar-refractivity contribution is 5.48. The third-order valence-electron chi connectivity index (χ3n) is 3.58. The van der Waals surface area contributed by atoms with Crippen LogP contribution >= 0.6 is 0 Å². The first-order valence-corrected chi connectivity index (χ1v) is 7.78. The predicted molar refractivity (Wildman–Crippen MR) is 91.1 cm³/mol. The van der Waals surface area contributed by atoms with E-state index in [1.54, 1.807) is 7.11 Å². The van der Waals surface area contributed by atoms with Crippen LogP contribution < -0.4 is 10.2 Å². The van der Waals surface area contributed by atoms with Crippen molar-refractivity contribution in [2.75, 3.05) is 52.3 Å². The monoisotopic (exact) mass is 293 g/mol. The maximum Gasteiger partial charge on any atom is 0.0587 e. The fraction of sp³-hybridized carbons (Fsp3) is 0.647. The van der Waals surface area contributed by atoms with Crippen LogP contribution in [-0.2, 0) is 11.3 Å². The summed E-state index contributed by atoms with van der Waals surface area (Å²) >= 11 is 0. The van der Waals surface area contributed by atoms with Crippen LogP contribution in [0.5, 0.6) is 0 Å². The molecule has 0 bridgehead atoms. The van der Waals surface area contributed by atoms with Gasteiger partial charge in [-0.1, -0.05) is 12.1 Å². The summed E-state index contributed by atoms with van der Waals surface area (Å²) in [5.74, 6) is 0. The van der Waals surface area contributed by atoms with Crippen molar-refractivity contribution < 1.29 is 4.74 Å². The smallest absolute Gasteiger partial charge is 0.0587 e. The van der Waals surface area contributed by atoms with Crippen molar-refractivity contribution in [1.82, 2.24) is 10.2 Å². The van der Waals surface area contributed by atoms with Gasteiger partial charge in [0, 0.05) is 45.0 Å². The van der Waals surface area contributed by atoms with Gasteiger partial charge in [0.25, 0.3) is 0 Å². The Morgan fingerprint density at radius 1 is 1.19 bits per heavy atom. The van der Waals surface area contributed by atoms with Crippen LogP contribution in [0.3, 0.4) is 0 Å². The lowest BCUT2D eigenvalue weighted by atomic mass is 10.1. The number of methoxy groups -OCH3 is 1. The van der Waals surface area contributed by atoms with Gasteiger partial charge in [0.2, 0.25) is 0 Å². The zero-order chi connectivity index (χ0) is 15.7. The standard InChI is InChI=1S/C17H31N3O/c1-6-20(15(2)14-19(3)4)17-9-7-16(8-10-17)13-18-11-12-21-5/h7-10,15,18H,6,11-14H2,1-5H3. The second kappa shape index (κ2) is 9.77.